The second-order valence-corrected chi connectivity index (χ2v) is 4.65. The molecule has 6 nitrogen and oxygen atoms in total. The van der Waals surface area contributed by atoms with Gasteiger partial charge in [-0.2, -0.15) is 0 Å². The van der Waals surface area contributed by atoms with Gasteiger partial charge in [-0.3, -0.25) is 4.98 Å². The number of carbonyl (C=O) groups excluding carboxylic acids is 1. The Bertz CT molecular complexity index is 671. The van der Waals surface area contributed by atoms with Crippen LogP contribution in [0.2, 0.25) is 0 Å². The van der Waals surface area contributed by atoms with Gasteiger partial charge in [-0.15, -0.1) is 0 Å². The Kier molecular flexibility index (Phi) is 5.08. The maximum absolute atomic E-state index is 11.9. The minimum Gasteiger partial charge on any atom is -0.479 e. The average molecular weight is 299 g/mol. The zero-order chi connectivity index (χ0) is 15.9. The van der Waals surface area contributed by atoms with Crippen LogP contribution in [0.5, 0.6) is 5.75 Å². The highest BCUT2D eigenvalue weighted by Crippen LogP contribution is 2.18. The molecule has 0 radical (unpaired) electrons. The molecule has 6 heteroatoms. The van der Waals surface area contributed by atoms with Crippen molar-refractivity contribution in [3.63, 3.8) is 0 Å². The molecule has 22 heavy (non-hydrogen) atoms. The van der Waals surface area contributed by atoms with Gasteiger partial charge in [0.1, 0.15) is 5.75 Å². The van der Waals surface area contributed by atoms with E-state index in [2.05, 4.69) is 10.1 Å². The number of hydrogen-bond acceptors (Lipinski definition) is 5. The van der Waals surface area contributed by atoms with E-state index in [0.717, 1.165) is 5.56 Å². The lowest BCUT2D eigenvalue weighted by molar-refractivity contribution is -0.151. The number of nitrogens with zero attached hydrogens (tertiary/aromatic N) is 2. The Morgan fingerprint density at radius 3 is 2.73 bits per heavy atom. The molecule has 2 rings (SSSR count). The molecule has 0 spiro atoms. The third kappa shape index (κ3) is 4.05. The van der Waals surface area contributed by atoms with Crippen LogP contribution in [0.1, 0.15) is 18.1 Å². The molecule has 1 aromatic heterocycles. The number of rotatable bonds is 5. The second kappa shape index (κ2) is 7.21. The predicted molar refractivity (Wildman–Crippen MR) is 82.3 cm³/mol. The average Bonchev–Trinajstić information content (AvgIpc) is 2.55. The van der Waals surface area contributed by atoms with Crippen molar-refractivity contribution in [1.82, 2.24) is 4.98 Å². The van der Waals surface area contributed by atoms with E-state index in [9.17, 15) is 4.79 Å². The van der Waals surface area contributed by atoms with Gasteiger partial charge < -0.3 is 15.3 Å². The number of nitrogens with two attached hydrogens (primary N) is 1. The summed E-state index contributed by atoms with van der Waals surface area (Å²) in [5, 5.41) is 3.60. The van der Waals surface area contributed by atoms with Crippen molar-refractivity contribution in [2.24, 2.45) is 10.9 Å². The Morgan fingerprint density at radius 2 is 2.05 bits per heavy atom. The number of benzene rings is 1. The fourth-order valence-electron chi connectivity index (χ4n) is 1.66. The summed E-state index contributed by atoms with van der Waals surface area (Å²) in [6, 6.07) is 10.8. The van der Waals surface area contributed by atoms with Crippen LogP contribution >= 0.6 is 0 Å². The predicted octanol–water partition coefficient (Wildman–Crippen LogP) is 2.02. The van der Waals surface area contributed by atoms with Crippen molar-refractivity contribution in [3.05, 3.63) is 59.9 Å². The SMILES string of the molecule is Cc1ccccc1O[C@H](C)C(=O)O/N=C(/N)c1cccnc1. The van der Waals surface area contributed by atoms with E-state index in [0.29, 0.717) is 11.3 Å². The molecule has 0 aliphatic heterocycles. The smallest absolute Gasteiger partial charge is 0.374 e. The lowest BCUT2D eigenvalue weighted by Crippen LogP contribution is -2.26. The fraction of sp³-hybridized carbons (Fsp3) is 0.188. The lowest BCUT2D eigenvalue weighted by Gasteiger charge is -2.13. The van der Waals surface area contributed by atoms with Gasteiger partial charge in [0.05, 0.1) is 0 Å². The molecule has 0 bridgehead atoms. The van der Waals surface area contributed by atoms with E-state index >= 15 is 0 Å². The van der Waals surface area contributed by atoms with Crippen LogP contribution < -0.4 is 10.5 Å². The molecule has 1 heterocycles. The van der Waals surface area contributed by atoms with Gasteiger partial charge in [0.15, 0.2) is 11.9 Å². The number of pyridine rings is 1. The first-order valence-electron chi connectivity index (χ1n) is 6.75. The maximum Gasteiger partial charge on any atom is 0.374 e. The number of amidine groups is 1. The van der Waals surface area contributed by atoms with Crippen molar-refractivity contribution in [1.29, 1.82) is 0 Å². The van der Waals surface area contributed by atoms with Gasteiger partial charge in [0.2, 0.25) is 0 Å². The van der Waals surface area contributed by atoms with Gasteiger partial charge in [-0.05, 0) is 37.6 Å². The Morgan fingerprint density at radius 1 is 1.27 bits per heavy atom. The van der Waals surface area contributed by atoms with Gasteiger partial charge >= 0.3 is 5.97 Å². The molecule has 0 fully saturated rings. The van der Waals surface area contributed by atoms with Crippen molar-refractivity contribution >= 4 is 11.8 Å². The Hall–Kier alpha value is -2.89. The summed E-state index contributed by atoms with van der Waals surface area (Å²) in [5.41, 5.74) is 7.22. The summed E-state index contributed by atoms with van der Waals surface area (Å²) >= 11 is 0. The molecular formula is C16H17N3O3. The summed E-state index contributed by atoms with van der Waals surface area (Å²) in [5.74, 6) is 0.0656. The number of hydrogen-bond donors (Lipinski definition) is 1. The Labute approximate surface area is 128 Å². The molecule has 114 valence electrons. The fourth-order valence-corrected chi connectivity index (χ4v) is 1.66. The minimum atomic E-state index is -0.799. The topological polar surface area (TPSA) is 86.8 Å². The summed E-state index contributed by atoms with van der Waals surface area (Å²) in [7, 11) is 0. The van der Waals surface area contributed by atoms with Crippen molar-refractivity contribution in [3.8, 4) is 5.75 Å². The van der Waals surface area contributed by atoms with Crippen LogP contribution in [0.25, 0.3) is 0 Å². The molecule has 2 aromatic rings. The van der Waals surface area contributed by atoms with Crippen LogP contribution in [0, 0.1) is 6.92 Å². The molecule has 0 unspecified atom stereocenters. The van der Waals surface area contributed by atoms with Crippen molar-refractivity contribution in [2.45, 2.75) is 20.0 Å². The van der Waals surface area contributed by atoms with Crippen LogP contribution in [0.4, 0.5) is 0 Å². The third-order valence-electron chi connectivity index (χ3n) is 2.92. The molecule has 0 saturated carbocycles. The zero-order valence-corrected chi connectivity index (χ0v) is 12.4. The zero-order valence-electron chi connectivity index (χ0n) is 12.4. The van der Waals surface area contributed by atoms with Crippen LogP contribution in [-0.2, 0) is 9.63 Å². The monoisotopic (exact) mass is 299 g/mol. The molecule has 0 saturated heterocycles. The van der Waals surface area contributed by atoms with E-state index in [-0.39, 0.29) is 5.84 Å². The van der Waals surface area contributed by atoms with Gasteiger partial charge in [-0.25, -0.2) is 4.79 Å². The second-order valence-electron chi connectivity index (χ2n) is 4.65. The first-order valence-corrected chi connectivity index (χ1v) is 6.75. The van der Waals surface area contributed by atoms with Crippen molar-refractivity contribution < 1.29 is 14.4 Å². The highest BCUT2D eigenvalue weighted by Gasteiger charge is 2.18. The maximum atomic E-state index is 11.9. The van der Waals surface area contributed by atoms with E-state index in [1.165, 1.54) is 6.20 Å². The number of carbonyl (C=O) groups is 1. The van der Waals surface area contributed by atoms with Crippen LogP contribution in [0.3, 0.4) is 0 Å². The molecule has 1 aromatic carbocycles. The molecule has 0 amide bonds. The highest BCUT2D eigenvalue weighted by atomic mass is 16.7. The normalized spacial score (nSPS) is 12.5. The van der Waals surface area contributed by atoms with Crippen LogP contribution in [0.15, 0.2) is 53.9 Å². The van der Waals surface area contributed by atoms with Crippen molar-refractivity contribution in [2.75, 3.05) is 0 Å². The summed E-state index contributed by atoms with van der Waals surface area (Å²) in [6.07, 6.45) is 2.34. The van der Waals surface area contributed by atoms with E-state index < -0.39 is 12.1 Å². The highest BCUT2D eigenvalue weighted by molar-refractivity contribution is 5.97. The first-order chi connectivity index (χ1) is 10.6. The lowest BCUT2D eigenvalue weighted by atomic mass is 10.2. The summed E-state index contributed by atoms with van der Waals surface area (Å²) in [4.78, 5) is 20.6. The quantitative estimate of drug-likeness (QED) is 0.395. The number of aromatic nitrogens is 1. The molecular weight excluding hydrogens is 282 g/mol. The van der Waals surface area contributed by atoms with Crippen LogP contribution in [-0.4, -0.2) is 22.9 Å². The standard InChI is InChI=1S/C16H17N3O3/c1-11-6-3-4-8-14(11)21-12(2)16(20)22-19-15(17)13-7-5-9-18-10-13/h3-10,12H,1-2H3,(H2,17,19)/t12-/m1/s1. The van der Waals surface area contributed by atoms with E-state index in [1.807, 2.05) is 25.1 Å². The summed E-state index contributed by atoms with van der Waals surface area (Å²) in [6.45, 7) is 3.48. The minimum absolute atomic E-state index is 0.0736. The molecule has 2 N–H and O–H groups in total. The molecule has 0 aliphatic carbocycles. The summed E-state index contributed by atoms with van der Waals surface area (Å²) < 4.78 is 5.55. The number of ether oxygens (including phenoxy) is 1. The largest absolute Gasteiger partial charge is 0.479 e. The van der Waals surface area contributed by atoms with E-state index in [4.69, 9.17) is 15.3 Å². The van der Waals surface area contributed by atoms with Gasteiger partial charge in [-0.1, -0.05) is 23.4 Å². The molecule has 0 aliphatic rings. The first kappa shape index (κ1) is 15.5. The number of aryl methyl sites for hydroxylation is 1. The van der Waals surface area contributed by atoms with Gasteiger partial charge in [0, 0.05) is 18.0 Å². The number of oxime groups is 1. The third-order valence-corrected chi connectivity index (χ3v) is 2.92. The van der Waals surface area contributed by atoms with Gasteiger partial charge in [0.25, 0.3) is 0 Å². The number of para-hydroxylation sites is 1. The Balaban J connectivity index is 1.96. The van der Waals surface area contributed by atoms with E-state index in [1.54, 1.807) is 31.3 Å². The molecule has 1 atom stereocenters.